The summed E-state index contributed by atoms with van der Waals surface area (Å²) in [6, 6.07) is -0.897. The number of hydrogen-bond donors (Lipinski definition) is 3. The van der Waals surface area contributed by atoms with Crippen molar-refractivity contribution >= 4 is 13.7 Å². The van der Waals surface area contributed by atoms with Gasteiger partial charge in [-0.1, -0.05) is 235 Å². The summed E-state index contributed by atoms with van der Waals surface area (Å²) in [5.74, 6) is -0.225. The highest BCUT2D eigenvalue weighted by Gasteiger charge is 2.27. The topological polar surface area (TPSA) is 105 Å². The van der Waals surface area contributed by atoms with Gasteiger partial charge in [0.05, 0.1) is 39.9 Å². The highest BCUT2D eigenvalue weighted by Crippen LogP contribution is 2.43. The van der Waals surface area contributed by atoms with Gasteiger partial charge in [-0.3, -0.25) is 13.8 Å². The molecule has 78 heavy (non-hydrogen) atoms. The maximum absolute atomic E-state index is 13.0. The number of likely N-dealkylation sites (N-methyl/N-ethyl adjacent to an activating group) is 1. The number of rotatable bonds is 52. The van der Waals surface area contributed by atoms with E-state index in [2.05, 4.69) is 189 Å². The van der Waals surface area contributed by atoms with Gasteiger partial charge in [0.15, 0.2) is 0 Å². The minimum atomic E-state index is -4.38. The van der Waals surface area contributed by atoms with Gasteiger partial charge in [0.25, 0.3) is 0 Å². The SMILES string of the molecule is CC/C=C\C/C=C\C/C=C\C/C=C\C/C=C\C/C=C\C/C=C\C/C=C\C/C=C\C/C=C\C/C=C\C/C=C\CCCCCCC(=O)NC(COP(=O)(O)OCC[N+](C)(C)C)C(O)/C=C/CC/C=C/CC/C=C/CCCCCCC. The number of unbranched alkanes of at least 4 members (excludes halogenated alkanes) is 11. The predicted octanol–water partition coefficient (Wildman–Crippen LogP) is 19.0. The normalized spacial score (nSPS) is 15.1. The van der Waals surface area contributed by atoms with Crippen molar-refractivity contribution in [1.82, 2.24) is 5.32 Å². The van der Waals surface area contributed by atoms with Crippen LogP contribution in [-0.4, -0.2) is 73.4 Å². The first-order valence-corrected chi connectivity index (χ1v) is 31.7. The molecule has 0 spiro atoms. The number of aliphatic hydroxyl groups is 1. The zero-order valence-electron chi connectivity index (χ0n) is 49.8. The molecule has 0 rings (SSSR count). The number of phosphoric acid groups is 1. The van der Waals surface area contributed by atoms with E-state index in [0.29, 0.717) is 17.4 Å². The molecule has 0 heterocycles. The van der Waals surface area contributed by atoms with E-state index in [4.69, 9.17) is 9.05 Å². The molecule has 1 amide bonds. The van der Waals surface area contributed by atoms with Crippen LogP contribution in [0.2, 0.25) is 0 Å². The van der Waals surface area contributed by atoms with Crippen LogP contribution in [0.4, 0.5) is 0 Å². The Morgan fingerprint density at radius 1 is 0.449 bits per heavy atom. The van der Waals surface area contributed by atoms with Crippen LogP contribution in [0.25, 0.3) is 0 Å². The molecule has 0 radical (unpaired) electrons. The number of allylic oxidation sites excluding steroid dienone is 29. The van der Waals surface area contributed by atoms with Gasteiger partial charge in [-0.2, -0.15) is 0 Å². The van der Waals surface area contributed by atoms with Crippen LogP contribution in [0.1, 0.15) is 194 Å². The van der Waals surface area contributed by atoms with Crippen molar-refractivity contribution in [3.05, 3.63) is 182 Å². The maximum Gasteiger partial charge on any atom is 0.472 e. The van der Waals surface area contributed by atoms with E-state index >= 15 is 0 Å². The summed E-state index contributed by atoms with van der Waals surface area (Å²) >= 11 is 0. The van der Waals surface area contributed by atoms with E-state index in [-0.39, 0.29) is 19.1 Å². The van der Waals surface area contributed by atoms with Gasteiger partial charge in [-0.15, -0.1) is 0 Å². The Bertz CT molecular complexity index is 1920. The Kier molecular flexibility index (Phi) is 54.1. The fourth-order valence-electron chi connectivity index (χ4n) is 7.41. The van der Waals surface area contributed by atoms with Crippen LogP contribution in [0, 0.1) is 0 Å². The molecule has 0 aromatic heterocycles. The summed E-state index contributed by atoms with van der Waals surface area (Å²) in [4.78, 5) is 23.3. The second kappa shape index (κ2) is 57.3. The first-order chi connectivity index (χ1) is 38.0. The van der Waals surface area contributed by atoms with Crippen LogP contribution >= 0.6 is 7.82 Å². The average Bonchev–Trinajstić information content (AvgIpc) is 3.41. The van der Waals surface area contributed by atoms with Crippen LogP contribution in [-0.2, 0) is 18.4 Å². The zero-order valence-corrected chi connectivity index (χ0v) is 50.7. The largest absolute Gasteiger partial charge is 0.472 e. The van der Waals surface area contributed by atoms with Crippen molar-refractivity contribution in [3.8, 4) is 0 Å². The fourth-order valence-corrected chi connectivity index (χ4v) is 8.14. The minimum Gasteiger partial charge on any atom is -0.387 e. The molecule has 0 aromatic rings. The van der Waals surface area contributed by atoms with E-state index in [1.807, 2.05) is 27.2 Å². The monoisotopic (exact) mass is 1100 g/mol. The van der Waals surface area contributed by atoms with E-state index in [0.717, 1.165) is 141 Å². The van der Waals surface area contributed by atoms with Crippen molar-refractivity contribution in [2.45, 2.75) is 206 Å². The maximum atomic E-state index is 13.0. The summed E-state index contributed by atoms with van der Waals surface area (Å²) in [6.07, 6.45) is 92.9. The van der Waals surface area contributed by atoms with E-state index < -0.39 is 20.0 Å². The molecular formula is C69H112N2O6P+. The minimum absolute atomic E-state index is 0.0380. The lowest BCUT2D eigenvalue weighted by Crippen LogP contribution is -2.45. The summed E-state index contributed by atoms with van der Waals surface area (Å²) in [5, 5.41) is 13.8. The first kappa shape index (κ1) is 73.6. The zero-order chi connectivity index (χ0) is 57.0. The van der Waals surface area contributed by atoms with Crippen LogP contribution in [0.3, 0.4) is 0 Å². The number of phosphoric ester groups is 1. The van der Waals surface area contributed by atoms with Gasteiger partial charge in [0.2, 0.25) is 5.91 Å². The van der Waals surface area contributed by atoms with Gasteiger partial charge in [-0.25, -0.2) is 4.57 Å². The summed E-state index contributed by atoms with van der Waals surface area (Å²) in [7, 11) is 1.50. The van der Waals surface area contributed by atoms with Crippen LogP contribution < -0.4 is 5.32 Å². The Balaban J connectivity index is 4.25. The first-order valence-electron chi connectivity index (χ1n) is 30.2. The van der Waals surface area contributed by atoms with Crippen molar-refractivity contribution in [2.75, 3.05) is 40.9 Å². The van der Waals surface area contributed by atoms with Crippen molar-refractivity contribution < 1.29 is 32.9 Å². The number of nitrogens with zero attached hydrogens (tertiary/aromatic N) is 1. The molecule has 0 fully saturated rings. The Morgan fingerprint density at radius 2 is 0.782 bits per heavy atom. The highest BCUT2D eigenvalue weighted by atomic mass is 31.2. The van der Waals surface area contributed by atoms with Crippen molar-refractivity contribution in [3.63, 3.8) is 0 Å². The lowest BCUT2D eigenvalue weighted by molar-refractivity contribution is -0.870. The number of carbonyl (C=O) groups excluding carboxylic acids is 1. The molecule has 0 aliphatic carbocycles. The predicted molar refractivity (Wildman–Crippen MR) is 340 cm³/mol. The summed E-state index contributed by atoms with van der Waals surface area (Å²) < 4.78 is 23.6. The van der Waals surface area contributed by atoms with Crippen molar-refractivity contribution in [2.24, 2.45) is 0 Å². The molecule has 0 aromatic carbocycles. The Hall–Kier alpha value is -4.40. The van der Waals surface area contributed by atoms with Gasteiger partial charge in [0, 0.05) is 6.42 Å². The molecule has 9 heteroatoms. The molecule has 0 bridgehead atoms. The molecule has 438 valence electrons. The summed E-state index contributed by atoms with van der Waals surface area (Å²) in [5.41, 5.74) is 0. The molecule has 0 aliphatic rings. The Labute approximate surface area is 478 Å². The number of amides is 1. The van der Waals surface area contributed by atoms with Crippen LogP contribution in [0.5, 0.6) is 0 Å². The summed E-state index contributed by atoms with van der Waals surface area (Å²) in [6.45, 7) is 4.60. The third kappa shape index (κ3) is 59.3. The number of nitrogens with one attached hydrogen (secondary N) is 1. The molecule has 0 aliphatic heterocycles. The van der Waals surface area contributed by atoms with E-state index in [1.165, 1.54) is 32.1 Å². The molecule has 0 saturated heterocycles. The van der Waals surface area contributed by atoms with Gasteiger partial charge >= 0.3 is 7.82 Å². The average molecular weight is 1100 g/mol. The second-order valence-electron chi connectivity index (χ2n) is 20.6. The molecule has 3 atom stereocenters. The van der Waals surface area contributed by atoms with Gasteiger partial charge in [0.1, 0.15) is 13.2 Å². The number of hydrogen-bond acceptors (Lipinski definition) is 5. The fraction of sp³-hybridized carbons (Fsp3) is 0.551. The van der Waals surface area contributed by atoms with E-state index in [9.17, 15) is 19.4 Å². The van der Waals surface area contributed by atoms with Gasteiger partial charge < -0.3 is 19.8 Å². The number of quaternary nitrogens is 1. The molecule has 8 nitrogen and oxygen atoms in total. The second-order valence-corrected chi connectivity index (χ2v) is 22.1. The van der Waals surface area contributed by atoms with Gasteiger partial charge in [-0.05, 0) is 135 Å². The third-order valence-electron chi connectivity index (χ3n) is 12.1. The van der Waals surface area contributed by atoms with Crippen molar-refractivity contribution in [1.29, 1.82) is 0 Å². The van der Waals surface area contributed by atoms with E-state index in [1.54, 1.807) is 6.08 Å². The molecule has 3 N–H and O–H groups in total. The Morgan fingerprint density at radius 3 is 1.17 bits per heavy atom. The van der Waals surface area contributed by atoms with Crippen LogP contribution in [0.15, 0.2) is 182 Å². The molecular weight excluding hydrogens is 984 g/mol. The standard InChI is InChI=1S/C69H111N2O6P/c1-6-8-10-12-14-16-18-20-22-23-24-25-26-27-28-29-30-31-32-33-34-35-36-37-38-39-40-41-42-43-44-45-46-47-49-51-53-55-57-59-61-63-69(73)70-67(66-77-78(74,75)76-65-64-71(3,4)5)68(72)62-60-58-56-54-52-50-48-21-19-17-15-13-11-9-7-2/h8,10,14,16,19-22,24-25,27-28,30-31,33-34,36-37,39-40,42-43,45-46,49,51-52,54,60,62,67-68,72H,6-7,9,11-13,15,17-18,23,26,29,32,35,38,41,44,47-48,50,53,55-59,61,63-66H2,1-5H3,(H-,70,73,74,75)/p+1/b10-8-,16-14-,21-19+,22-20-,25-24-,28-27-,31-30-,34-33-,37-36-,40-39-,43-42-,46-45-,51-49-,54-52+,62-60+. The number of aliphatic hydroxyl groups excluding tert-OH is 1. The molecule has 0 saturated carbocycles. The lowest BCUT2D eigenvalue weighted by Gasteiger charge is -2.25. The highest BCUT2D eigenvalue weighted by molar-refractivity contribution is 7.47. The quantitative estimate of drug-likeness (QED) is 0.0243. The lowest BCUT2D eigenvalue weighted by atomic mass is 10.1. The molecule has 3 unspecified atom stereocenters. The smallest absolute Gasteiger partial charge is 0.387 e. The number of carbonyl (C=O) groups is 1. The third-order valence-corrected chi connectivity index (χ3v) is 13.1.